The lowest BCUT2D eigenvalue weighted by molar-refractivity contribution is 0.187. The topological polar surface area (TPSA) is 77.3 Å². The molecule has 0 N–H and O–H groups in total. The molecule has 1 aromatic carbocycles. The van der Waals surface area contributed by atoms with Gasteiger partial charge in [0.2, 0.25) is 10.0 Å². The van der Waals surface area contributed by atoms with E-state index in [-0.39, 0.29) is 5.92 Å². The van der Waals surface area contributed by atoms with Gasteiger partial charge in [-0.05, 0) is 49.1 Å². The number of nitrogens with zero attached hydrogens (tertiary/aromatic N) is 4. The van der Waals surface area contributed by atoms with Gasteiger partial charge in [0.25, 0.3) is 0 Å². The van der Waals surface area contributed by atoms with Crippen molar-refractivity contribution >= 4 is 21.2 Å². The van der Waals surface area contributed by atoms with Crippen LogP contribution in [0.2, 0.25) is 0 Å². The molecule has 29 heavy (non-hydrogen) atoms. The van der Waals surface area contributed by atoms with Gasteiger partial charge in [-0.1, -0.05) is 12.1 Å². The van der Waals surface area contributed by atoms with E-state index < -0.39 is 10.0 Å². The number of pyridine rings is 1. The van der Waals surface area contributed by atoms with Gasteiger partial charge in [-0.15, -0.1) is 0 Å². The Morgan fingerprint density at radius 2 is 2.10 bits per heavy atom. The molecule has 1 fully saturated rings. The molecule has 4 rings (SSSR count). The fourth-order valence-corrected chi connectivity index (χ4v) is 5.58. The number of ether oxygens (including phenoxy) is 1. The van der Waals surface area contributed by atoms with Crippen LogP contribution in [0.4, 0.5) is 0 Å². The summed E-state index contributed by atoms with van der Waals surface area (Å²) in [6, 6.07) is 10.9. The van der Waals surface area contributed by atoms with E-state index in [1.165, 1.54) is 0 Å². The Kier molecular flexibility index (Phi) is 5.67. The van der Waals surface area contributed by atoms with Crippen LogP contribution in [-0.4, -0.2) is 54.1 Å². The maximum absolute atomic E-state index is 13.0. The SMILES string of the molecule is COCCn1c(C[C@H]2CCN(S(=O)(=O)c3cccc(C)c3)C2)nc2cccnc21. The van der Waals surface area contributed by atoms with Crippen molar-refractivity contribution in [1.82, 2.24) is 18.8 Å². The minimum absolute atomic E-state index is 0.229. The predicted molar refractivity (Wildman–Crippen MR) is 111 cm³/mol. The Morgan fingerprint density at radius 3 is 2.90 bits per heavy atom. The van der Waals surface area contributed by atoms with Gasteiger partial charge in [0.05, 0.1) is 11.5 Å². The molecule has 0 aliphatic carbocycles. The van der Waals surface area contributed by atoms with Gasteiger partial charge in [0.1, 0.15) is 11.3 Å². The summed E-state index contributed by atoms with van der Waals surface area (Å²) in [7, 11) is -1.78. The van der Waals surface area contributed by atoms with E-state index in [0.29, 0.717) is 31.1 Å². The van der Waals surface area contributed by atoms with Crippen LogP contribution in [0.3, 0.4) is 0 Å². The van der Waals surface area contributed by atoms with Crippen LogP contribution in [0.15, 0.2) is 47.5 Å². The largest absolute Gasteiger partial charge is 0.383 e. The lowest BCUT2D eigenvalue weighted by Gasteiger charge is -2.17. The van der Waals surface area contributed by atoms with Crippen LogP contribution in [0.5, 0.6) is 0 Å². The van der Waals surface area contributed by atoms with Crippen molar-refractivity contribution in [1.29, 1.82) is 0 Å². The highest BCUT2D eigenvalue weighted by Gasteiger charge is 2.33. The minimum atomic E-state index is -3.46. The number of rotatable bonds is 7. The fourth-order valence-electron chi connectivity index (χ4n) is 3.94. The van der Waals surface area contributed by atoms with Gasteiger partial charge >= 0.3 is 0 Å². The second-order valence-electron chi connectivity index (χ2n) is 7.56. The van der Waals surface area contributed by atoms with Crippen LogP contribution in [0, 0.1) is 12.8 Å². The van der Waals surface area contributed by atoms with Crippen molar-refractivity contribution in [2.24, 2.45) is 5.92 Å². The fraction of sp³-hybridized carbons (Fsp3) is 0.429. The lowest BCUT2D eigenvalue weighted by Crippen LogP contribution is -2.29. The molecule has 0 spiro atoms. The number of hydrogen-bond acceptors (Lipinski definition) is 5. The summed E-state index contributed by atoms with van der Waals surface area (Å²) in [5.74, 6) is 1.17. The Bertz CT molecular complexity index is 1110. The Morgan fingerprint density at radius 1 is 1.24 bits per heavy atom. The summed E-state index contributed by atoms with van der Waals surface area (Å²) in [5, 5.41) is 0. The van der Waals surface area contributed by atoms with E-state index in [9.17, 15) is 8.42 Å². The van der Waals surface area contributed by atoms with E-state index in [1.807, 2.05) is 25.1 Å². The molecule has 154 valence electrons. The number of methoxy groups -OCH3 is 1. The van der Waals surface area contributed by atoms with E-state index in [1.54, 1.807) is 35.8 Å². The van der Waals surface area contributed by atoms with Crippen LogP contribution >= 0.6 is 0 Å². The third-order valence-electron chi connectivity index (χ3n) is 5.45. The van der Waals surface area contributed by atoms with Crippen molar-refractivity contribution in [3.63, 3.8) is 0 Å². The first-order valence-electron chi connectivity index (χ1n) is 9.85. The molecular weight excluding hydrogens is 388 g/mol. The third-order valence-corrected chi connectivity index (χ3v) is 7.31. The standard InChI is InChI=1S/C21H26N4O3S/c1-16-5-3-6-18(13-16)29(26,27)24-10-8-17(15-24)14-20-23-19-7-4-9-22-21(19)25(20)11-12-28-2/h3-7,9,13,17H,8,10-12,14-15H2,1-2H3/t17-/m1/s1. The van der Waals surface area contributed by atoms with Gasteiger partial charge in [-0.25, -0.2) is 18.4 Å². The van der Waals surface area contributed by atoms with Crippen LogP contribution in [0.25, 0.3) is 11.2 Å². The first-order chi connectivity index (χ1) is 14.0. The van der Waals surface area contributed by atoms with Crippen molar-refractivity contribution in [3.05, 3.63) is 54.0 Å². The van der Waals surface area contributed by atoms with Gasteiger partial charge < -0.3 is 9.30 Å². The molecule has 0 bridgehead atoms. The molecule has 1 saturated heterocycles. The molecule has 7 nitrogen and oxygen atoms in total. The monoisotopic (exact) mass is 414 g/mol. The molecule has 3 heterocycles. The van der Waals surface area contributed by atoms with Gasteiger partial charge in [0.15, 0.2) is 5.65 Å². The van der Waals surface area contributed by atoms with Crippen molar-refractivity contribution in [3.8, 4) is 0 Å². The molecule has 1 aliphatic heterocycles. The predicted octanol–water partition coefficient (Wildman–Crippen LogP) is 2.64. The van der Waals surface area contributed by atoms with Gasteiger partial charge in [-0.3, -0.25) is 0 Å². The highest BCUT2D eigenvalue weighted by Crippen LogP contribution is 2.27. The first kappa shape index (κ1) is 20.0. The van der Waals surface area contributed by atoms with Crippen LogP contribution < -0.4 is 0 Å². The number of benzene rings is 1. The zero-order chi connectivity index (χ0) is 20.4. The number of hydrogen-bond donors (Lipinski definition) is 0. The molecule has 0 radical (unpaired) electrons. The van der Waals surface area contributed by atoms with Crippen LogP contribution in [-0.2, 0) is 27.7 Å². The van der Waals surface area contributed by atoms with E-state index in [4.69, 9.17) is 9.72 Å². The molecule has 8 heteroatoms. The molecule has 2 aromatic heterocycles. The molecule has 1 atom stereocenters. The van der Waals surface area contributed by atoms with Crippen molar-refractivity contribution in [2.45, 2.75) is 31.2 Å². The van der Waals surface area contributed by atoms with Crippen LogP contribution in [0.1, 0.15) is 17.8 Å². The number of aromatic nitrogens is 3. The molecule has 0 amide bonds. The summed E-state index contributed by atoms with van der Waals surface area (Å²) in [6.45, 7) is 4.21. The number of fused-ring (bicyclic) bond motifs is 1. The second-order valence-corrected chi connectivity index (χ2v) is 9.49. The van der Waals surface area contributed by atoms with E-state index in [2.05, 4.69) is 9.55 Å². The smallest absolute Gasteiger partial charge is 0.243 e. The Hall–Kier alpha value is -2.29. The van der Waals surface area contributed by atoms with Crippen molar-refractivity contribution in [2.75, 3.05) is 26.8 Å². The summed E-state index contributed by atoms with van der Waals surface area (Å²) < 4.78 is 35.0. The van der Waals surface area contributed by atoms with E-state index in [0.717, 1.165) is 35.4 Å². The maximum Gasteiger partial charge on any atom is 0.243 e. The number of imidazole rings is 1. The normalized spacial score (nSPS) is 17.9. The summed E-state index contributed by atoms with van der Waals surface area (Å²) >= 11 is 0. The molecule has 3 aromatic rings. The summed E-state index contributed by atoms with van der Waals surface area (Å²) in [4.78, 5) is 9.60. The highest BCUT2D eigenvalue weighted by molar-refractivity contribution is 7.89. The average Bonchev–Trinajstić information content (AvgIpc) is 3.31. The van der Waals surface area contributed by atoms with E-state index >= 15 is 0 Å². The zero-order valence-corrected chi connectivity index (χ0v) is 17.6. The number of aryl methyl sites for hydroxylation is 1. The average molecular weight is 415 g/mol. The maximum atomic E-state index is 13.0. The minimum Gasteiger partial charge on any atom is -0.383 e. The Balaban J connectivity index is 1.53. The lowest BCUT2D eigenvalue weighted by atomic mass is 10.0. The summed E-state index contributed by atoms with van der Waals surface area (Å²) in [5.41, 5.74) is 2.66. The highest BCUT2D eigenvalue weighted by atomic mass is 32.2. The summed E-state index contributed by atoms with van der Waals surface area (Å²) in [6.07, 6.45) is 3.31. The quantitative estimate of drug-likeness (QED) is 0.594. The molecule has 0 saturated carbocycles. The van der Waals surface area contributed by atoms with Gasteiger partial charge in [0, 0.05) is 39.4 Å². The molecular formula is C21H26N4O3S. The zero-order valence-electron chi connectivity index (χ0n) is 16.8. The van der Waals surface area contributed by atoms with Crippen molar-refractivity contribution < 1.29 is 13.2 Å². The first-order valence-corrected chi connectivity index (χ1v) is 11.3. The second kappa shape index (κ2) is 8.22. The Labute approximate surface area is 171 Å². The molecule has 0 unspecified atom stereocenters. The molecule has 1 aliphatic rings. The third kappa shape index (κ3) is 4.05. The van der Waals surface area contributed by atoms with Gasteiger partial charge in [-0.2, -0.15) is 4.31 Å². The number of sulfonamides is 1.